The third-order valence-corrected chi connectivity index (χ3v) is 5.20. The molecular weight excluding hydrogens is 350 g/mol. The fourth-order valence-electron chi connectivity index (χ4n) is 3.75. The van der Waals surface area contributed by atoms with Crippen LogP contribution >= 0.6 is 0 Å². The molecule has 1 aliphatic heterocycles. The van der Waals surface area contributed by atoms with E-state index in [9.17, 15) is 4.79 Å². The first-order chi connectivity index (χ1) is 13.8. The molecule has 4 rings (SSSR count). The number of aliphatic imine (C=N–C) groups is 1. The van der Waals surface area contributed by atoms with Crippen molar-refractivity contribution in [2.24, 2.45) is 16.0 Å². The predicted molar refractivity (Wildman–Crippen MR) is 109 cm³/mol. The van der Waals surface area contributed by atoms with Crippen LogP contribution in [0.25, 0.3) is 0 Å². The number of rotatable bonds is 3. The molecule has 1 fully saturated rings. The zero-order valence-electron chi connectivity index (χ0n) is 15.5. The Kier molecular flexibility index (Phi) is 5.16. The summed E-state index contributed by atoms with van der Waals surface area (Å²) < 4.78 is 0. The fraction of sp³-hybridized carbons (Fsp3) is 0.273. The van der Waals surface area contributed by atoms with Crippen LogP contribution in [0.15, 0.2) is 64.7 Å². The summed E-state index contributed by atoms with van der Waals surface area (Å²) in [5.41, 5.74) is 5.22. The molecule has 140 valence electrons. The Hall–Kier alpha value is -3.46. The van der Waals surface area contributed by atoms with Gasteiger partial charge < -0.3 is 0 Å². The maximum atomic E-state index is 13.2. The Balaban J connectivity index is 1.59. The molecule has 2 atom stereocenters. The van der Waals surface area contributed by atoms with Crippen molar-refractivity contribution < 1.29 is 4.79 Å². The number of nitrogens with one attached hydrogen (secondary N) is 1. The van der Waals surface area contributed by atoms with Gasteiger partial charge in [-0.05, 0) is 42.7 Å². The largest absolute Gasteiger partial charge is 0.274 e. The number of anilines is 1. The number of hydrogen-bond donors (Lipinski definition) is 1. The molecule has 2 unspecified atom stereocenters. The van der Waals surface area contributed by atoms with Crippen LogP contribution in [0.3, 0.4) is 0 Å². The first-order valence-electron chi connectivity index (χ1n) is 9.52. The molecule has 1 saturated carbocycles. The zero-order valence-corrected chi connectivity index (χ0v) is 15.5. The monoisotopic (exact) mass is 371 g/mol. The summed E-state index contributed by atoms with van der Waals surface area (Å²) in [7, 11) is 0. The van der Waals surface area contributed by atoms with Crippen molar-refractivity contribution >= 4 is 23.8 Å². The predicted octanol–water partition coefficient (Wildman–Crippen LogP) is 3.44. The topological polar surface area (TPSA) is 80.8 Å². The fourth-order valence-corrected chi connectivity index (χ4v) is 3.75. The van der Waals surface area contributed by atoms with Crippen molar-refractivity contribution in [2.75, 3.05) is 4.90 Å². The van der Waals surface area contributed by atoms with E-state index in [0.29, 0.717) is 11.5 Å². The van der Waals surface area contributed by atoms with Crippen molar-refractivity contribution in [3.05, 3.63) is 65.7 Å². The van der Waals surface area contributed by atoms with E-state index >= 15 is 0 Å². The molecule has 28 heavy (non-hydrogen) atoms. The average molecular weight is 371 g/mol. The number of guanidine groups is 1. The van der Waals surface area contributed by atoms with Gasteiger partial charge in [-0.15, -0.1) is 0 Å². The summed E-state index contributed by atoms with van der Waals surface area (Å²) >= 11 is 0. The van der Waals surface area contributed by atoms with Crippen LogP contribution < -0.4 is 10.3 Å². The second-order valence-electron chi connectivity index (χ2n) is 7.02. The lowest BCUT2D eigenvalue weighted by Gasteiger charge is -2.38. The van der Waals surface area contributed by atoms with Gasteiger partial charge in [-0.1, -0.05) is 43.2 Å². The third-order valence-electron chi connectivity index (χ3n) is 5.20. The van der Waals surface area contributed by atoms with Gasteiger partial charge in [0, 0.05) is 0 Å². The lowest BCUT2D eigenvalue weighted by molar-refractivity contribution is -0.123. The van der Waals surface area contributed by atoms with E-state index in [1.807, 2.05) is 42.5 Å². The number of nitrogens with zero attached hydrogens (tertiary/aromatic N) is 4. The van der Waals surface area contributed by atoms with E-state index in [2.05, 4.69) is 16.6 Å². The SMILES string of the molecule is N#Cc1ccc(/C=N/NC2=NC3CCCCC3C(=O)N2c2ccccc2)cc1. The highest BCUT2D eigenvalue weighted by Crippen LogP contribution is 2.33. The summed E-state index contributed by atoms with van der Waals surface area (Å²) in [5, 5.41) is 13.2. The van der Waals surface area contributed by atoms with Crippen LogP contribution in [-0.2, 0) is 4.79 Å². The second-order valence-corrected chi connectivity index (χ2v) is 7.02. The Morgan fingerprint density at radius 2 is 1.86 bits per heavy atom. The van der Waals surface area contributed by atoms with Crippen LogP contribution in [-0.4, -0.2) is 24.1 Å². The molecule has 6 heteroatoms. The van der Waals surface area contributed by atoms with Gasteiger partial charge in [-0.2, -0.15) is 10.4 Å². The van der Waals surface area contributed by atoms with E-state index in [4.69, 9.17) is 10.3 Å². The summed E-state index contributed by atoms with van der Waals surface area (Å²) in [6, 6.07) is 18.8. The Labute approximate surface area is 164 Å². The molecule has 2 aromatic carbocycles. The second kappa shape index (κ2) is 8.05. The molecule has 0 bridgehead atoms. The van der Waals surface area contributed by atoms with E-state index in [1.54, 1.807) is 23.2 Å². The number of para-hydroxylation sites is 1. The molecule has 0 saturated heterocycles. The maximum absolute atomic E-state index is 13.2. The minimum atomic E-state index is -0.0537. The molecule has 1 amide bonds. The van der Waals surface area contributed by atoms with Crippen molar-refractivity contribution in [2.45, 2.75) is 31.7 Å². The molecule has 0 aromatic heterocycles. The van der Waals surface area contributed by atoms with Crippen LogP contribution in [0.1, 0.15) is 36.8 Å². The molecule has 1 N–H and O–H groups in total. The number of hydrazone groups is 1. The minimum Gasteiger partial charge on any atom is -0.274 e. The quantitative estimate of drug-likeness (QED) is 0.663. The number of benzene rings is 2. The van der Waals surface area contributed by atoms with Gasteiger partial charge in [0.05, 0.1) is 35.5 Å². The van der Waals surface area contributed by atoms with Crippen molar-refractivity contribution in [3.63, 3.8) is 0 Å². The molecular formula is C22H21N5O. The maximum Gasteiger partial charge on any atom is 0.239 e. The zero-order chi connectivity index (χ0) is 19.3. The Morgan fingerprint density at radius 3 is 2.61 bits per heavy atom. The number of carbonyl (C=O) groups is 1. The van der Waals surface area contributed by atoms with Gasteiger partial charge in [0.2, 0.25) is 11.9 Å². The number of amides is 1. The Bertz CT molecular complexity index is 943. The van der Waals surface area contributed by atoms with Crippen LogP contribution in [0.5, 0.6) is 0 Å². The van der Waals surface area contributed by atoms with Gasteiger partial charge in [0.1, 0.15) is 0 Å². The van der Waals surface area contributed by atoms with Gasteiger partial charge in [-0.25, -0.2) is 15.3 Å². The van der Waals surface area contributed by atoms with Crippen LogP contribution in [0.4, 0.5) is 5.69 Å². The molecule has 1 aliphatic carbocycles. The minimum absolute atomic E-state index is 0.0221. The molecule has 2 aliphatic rings. The molecule has 0 spiro atoms. The van der Waals surface area contributed by atoms with Crippen LogP contribution in [0, 0.1) is 17.2 Å². The summed E-state index contributed by atoms with van der Waals surface area (Å²) in [4.78, 5) is 19.7. The number of fused-ring (bicyclic) bond motifs is 1. The van der Waals surface area contributed by atoms with E-state index in [0.717, 1.165) is 36.9 Å². The summed E-state index contributed by atoms with van der Waals surface area (Å²) in [6.07, 6.45) is 5.65. The standard InChI is InChI=1S/C22H21N5O/c23-14-16-10-12-17(13-11-16)15-24-26-22-25-20-9-5-4-8-19(20)21(28)27(22)18-6-2-1-3-7-18/h1-3,6-7,10-13,15,19-20H,4-5,8-9H2,(H,25,26)/b24-15+. The molecule has 2 aromatic rings. The molecule has 0 radical (unpaired) electrons. The average Bonchev–Trinajstić information content (AvgIpc) is 2.75. The smallest absolute Gasteiger partial charge is 0.239 e. The Morgan fingerprint density at radius 1 is 1.11 bits per heavy atom. The highest BCUT2D eigenvalue weighted by atomic mass is 16.2. The van der Waals surface area contributed by atoms with Gasteiger partial charge in [-0.3, -0.25) is 4.79 Å². The first-order valence-corrected chi connectivity index (χ1v) is 9.52. The van der Waals surface area contributed by atoms with E-state index in [-0.39, 0.29) is 17.9 Å². The highest BCUT2D eigenvalue weighted by molar-refractivity contribution is 6.18. The first kappa shape index (κ1) is 17.9. The van der Waals surface area contributed by atoms with Crippen molar-refractivity contribution in [3.8, 4) is 6.07 Å². The van der Waals surface area contributed by atoms with Crippen LogP contribution in [0.2, 0.25) is 0 Å². The summed E-state index contributed by atoms with van der Waals surface area (Å²) in [5.74, 6) is 0.494. The van der Waals surface area contributed by atoms with Gasteiger partial charge in [0.25, 0.3) is 0 Å². The number of nitriles is 1. The number of carbonyl (C=O) groups excluding carboxylic acids is 1. The number of hydrogen-bond acceptors (Lipinski definition) is 5. The lowest BCUT2D eigenvalue weighted by Crippen LogP contribution is -2.54. The third kappa shape index (κ3) is 3.65. The lowest BCUT2D eigenvalue weighted by atomic mass is 9.83. The highest BCUT2D eigenvalue weighted by Gasteiger charge is 2.40. The van der Waals surface area contributed by atoms with Gasteiger partial charge >= 0.3 is 0 Å². The molecule has 1 heterocycles. The molecule has 6 nitrogen and oxygen atoms in total. The van der Waals surface area contributed by atoms with Crippen molar-refractivity contribution in [1.82, 2.24) is 5.43 Å². The van der Waals surface area contributed by atoms with E-state index in [1.165, 1.54) is 0 Å². The van der Waals surface area contributed by atoms with E-state index < -0.39 is 0 Å². The normalized spacial score (nSPS) is 21.8. The summed E-state index contributed by atoms with van der Waals surface area (Å²) in [6.45, 7) is 0. The van der Waals surface area contributed by atoms with Gasteiger partial charge in [0.15, 0.2) is 0 Å². The van der Waals surface area contributed by atoms with Crippen molar-refractivity contribution in [1.29, 1.82) is 5.26 Å².